The van der Waals surface area contributed by atoms with Gasteiger partial charge in [-0.05, 0) is 87.0 Å². The average molecular weight is 437 g/mol. The van der Waals surface area contributed by atoms with Gasteiger partial charge >= 0.3 is 0 Å². The molecular weight excluding hydrogens is 396 g/mol. The fourth-order valence-corrected chi connectivity index (χ4v) is 5.09. The van der Waals surface area contributed by atoms with Crippen LogP contribution < -0.4 is 0 Å². The summed E-state index contributed by atoms with van der Waals surface area (Å²) in [6.07, 6.45) is 8.84. The van der Waals surface area contributed by atoms with Crippen LogP contribution in [0.2, 0.25) is 0 Å². The van der Waals surface area contributed by atoms with E-state index in [9.17, 15) is 10.2 Å². The Bertz CT molecular complexity index is 724. The van der Waals surface area contributed by atoms with Gasteiger partial charge in [-0.2, -0.15) is 0 Å². The van der Waals surface area contributed by atoms with Crippen molar-refractivity contribution in [3.05, 3.63) is 70.8 Å². The Labute approximate surface area is 193 Å². The van der Waals surface area contributed by atoms with Gasteiger partial charge in [0.1, 0.15) is 0 Å². The molecule has 2 aliphatic heterocycles. The van der Waals surface area contributed by atoms with Gasteiger partial charge in [0.05, 0.1) is 12.2 Å². The van der Waals surface area contributed by atoms with Gasteiger partial charge in [-0.1, -0.05) is 61.4 Å². The van der Waals surface area contributed by atoms with Gasteiger partial charge in [-0.25, -0.2) is 0 Å². The molecule has 0 aromatic heterocycles. The molecule has 2 saturated heterocycles. The first-order chi connectivity index (χ1) is 15.7. The largest absolute Gasteiger partial charge is 0.387 e. The lowest BCUT2D eigenvalue weighted by Gasteiger charge is -2.28. The molecule has 2 aromatic rings. The number of hydrogen-bond acceptors (Lipinski definition) is 4. The third kappa shape index (κ3) is 6.89. The van der Waals surface area contributed by atoms with Crippen molar-refractivity contribution < 1.29 is 10.2 Å². The number of likely N-dealkylation sites (tertiary alicyclic amines) is 2. The maximum Gasteiger partial charge on any atom is 0.0916 e. The summed E-state index contributed by atoms with van der Waals surface area (Å²) in [5.41, 5.74) is 4.64. The van der Waals surface area contributed by atoms with E-state index >= 15 is 0 Å². The zero-order valence-corrected chi connectivity index (χ0v) is 19.5. The predicted molar refractivity (Wildman–Crippen MR) is 131 cm³/mol. The number of β-amino-alcohol motifs (C(OH)–C–C–N with tert-alkyl or cyclic N) is 2. The van der Waals surface area contributed by atoms with E-state index in [1.807, 2.05) is 0 Å². The molecule has 0 unspecified atom stereocenters. The van der Waals surface area contributed by atoms with Crippen molar-refractivity contribution in [2.24, 2.45) is 0 Å². The van der Waals surface area contributed by atoms with Crippen LogP contribution in [0.25, 0.3) is 0 Å². The SMILES string of the molecule is O[C@H](CN1CCCCC1)c1ccc(CCc2ccc([C@@H](O)CN3CCCCC3)cc2)cc1. The summed E-state index contributed by atoms with van der Waals surface area (Å²) >= 11 is 0. The molecule has 0 radical (unpaired) electrons. The van der Waals surface area contributed by atoms with E-state index in [-0.39, 0.29) is 0 Å². The van der Waals surface area contributed by atoms with Crippen molar-refractivity contribution in [3.8, 4) is 0 Å². The van der Waals surface area contributed by atoms with Crippen LogP contribution in [0.3, 0.4) is 0 Å². The van der Waals surface area contributed by atoms with E-state index in [2.05, 4.69) is 58.3 Å². The second-order valence-electron chi connectivity index (χ2n) is 9.74. The standard InChI is InChI=1S/C28H40N2O2/c31-27(21-29-17-3-1-4-18-29)25-13-9-23(10-14-25)7-8-24-11-15-26(16-12-24)28(32)22-30-19-5-2-6-20-30/h9-16,27-28,31-32H,1-8,17-22H2/t27-,28+. The third-order valence-electron chi connectivity index (χ3n) is 7.19. The Morgan fingerprint density at radius 2 is 0.875 bits per heavy atom. The number of aryl methyl sites for hydroxylation is 2. The van der Waals surface area contributed by atoms with E-state index in [4.69, 9.17) is 0 Å². The first-order valence-electron chi connectivity index (χ1n) is 12.7. The van der Waals surface area contributed by atoms with E-state index in [0.717, 1.165) is 63.2 Å². The maximum absolute atomic E-state index is 10.6. The molecule has 2 heterocycles. The highest BCUT2D eigenvalue weighted by molar-refractivity contribution is 5.28. The lowest BCUT2D eigenvalue weighted by molar-refractivity contribution is 0.101. The lowest BCUT2D eigenvalue weighted by atomic mass is 9.99. The first kappa shape index (κ1) is 23.4. The Kier molecular flexibility index (Phi) is 8.75. The van der Waals surface area contributed by atoms with Crippen LogP contribution in [0.5, 0.6) is 0 Å². The van der Waals surface area contributed by atoms with Crippen molar-refractivity contribution >= 4 is 0 Å². The third-order valence-corrected chi connectivity index (χ3v) is 7.19. The topological polar surface area (TPSA) is 46.9 Å². The normalized spacial score (nSPS) is 20.2. The zero-order valence-electron chi connectivity index (χ0n) is 19.5. The molecule has 2 aliphatic rings. The molecule has 0 spiro atoms. The fraction of sp³-hybridized carbons (Fsp3) is 0.571. The molecule has 4 nitrogen and oxygen atoms in total. The molecule has 2 aromatic carbocycles. The molecule has 0 aliphatic carbocycles. The first-order valence-corrected chi connectivity index (χ1v) is 12.7. The smallest absolute Gasteiger partial charge is 0.0916 e. The summed E-state index contributed by atoms with van der Waals surface area (Å²) in [4.78, 5) is 4.77. The summed E-state index contributed by atoms with van der Waals surface area (Å²) in [5, 5.41) is 21.2. The van der Waals surface area contributed by atoms with Gasteiger partial charge in [0.25, 0.3) is 0 Å². The number of piperidine rings is 2. The van der Waals surface area contributed by atoms with Crippen LogP contribution in [-0.2, 0) is 12.8 Å². The minimum Gasteiger partial charge on any atom is -0.387 e. The Morgan fingerprint density at radius 1 is 0.531 bits per heavy atom. The Hall–Kier alpha value is -1.72. The van der Waals surface area contributed by atoms with Crippen LogP contribution in [0.1, 0.15) is 73.0 Å². The van der Waals surface area contributed by atoms with Gasteiger partial charge in [0.2, 0.25) is 0 Å². The van der Waals surface area contributed by atoms with Gasteiger partial charge < -0.3 is 20.0 Å². The van der Waals surface area contributed by atoms with Crippen molar-refractivity contribution in [1.29, 1.82) is 0 Å². The zero-order chi connectivity index (χ0) is 22.2. The summed E-state index contributed by atoms with van der Waals surface area (Å²) in [5.74, 6) is 0. The molecule has 2 atom stereocenters. The minimum absolute atomic E-state index is 0.397. The number of aliphatic hydroxyl groups excluding tert-OH is 2. The predicted octanol–water partition coefficient (Wildman–Crippen LogP) is 4.51. The molecule has 2 fully saturated rings. The molecular formula is C28H40N2O2. The monoisotopic (exact) mass is 436 g/mol. The van der Waals surface area contributed by atoms with Crippen molar-refractivity contribution in [2.45, 2.75) is 63.6 Å². The van der Waals surface area contributed by atoms with Gasteiger partial charge in [-0.3, -0.25) is 0 Å². The van der Waals surface area contributed by atoms with Crippen LogP contribution in [0, 0.1) is 0 Å². The number of hydrogen-bond donors (Lipinski definition) is 2. The molecule has 0 bridgehead atoms. The molecule has 32 heavy (non-hydrogen) atoms. The van der Waals surface area contributed by atoms with E-state index in [1.165, 1.54) is 49.7 Å². The second kappa shape index (κ2) is 11.9. The van der Waals surface area contributed by atoms with Gasteiger partial charge in [0, 0.05) is 13.1 Å². The molecule has 0 amide bonds. The van der Waals surface area contributed by atoms with E-state index < -0.39 is 12.2 Å². The summed E-state index contributed by atoms with van der Waals surface area (Å²) in [6.45, 7) is 5.95. The molecule has 0 saturated carbocycles. The summed E-state index contributed by atoms with van der Waals surface area (Å²) in [7, 11) is 0. The molecule has 4 heteroatoms. The highest BCUT2D eigenvalue weighted by Crippen LogP contribution is 2.20. The summed E-state index contributed by atoms with van der Waals surface area (Å²) < 4.78 is 0. The number of aliphatic hydroxyl groups is 2. The van der Waals surface area contributed by atoms with Crippen molar-refractivity contribution in [1.82, 2.24) is 9.80 Å². The van der Waals surface area contributed by atoms with Crippen molar-refractivity contribution in [3.63, 3.8) is 0 Å². The van der Waals surface area contributed by atoms with E-state index in [1.54, 1.807) is 0 Å². The van der Waals surface area contributed by atoms with E-state index in [0.29, 0.717) is 0 Å². The number of rotatable bonds is 9. The molecule has 4 rings (SSSR count). The van der Waals surface area contributed by atoms with Crippen LogP contribution >= 0.6 is 0 Å². The van der Waals surface area contributed by atoms with Gasteiger partial charge in [-0.15, -0.1) is 0 Å². The van der Waals surface area contributed by atoms with Crippen LogP contribution in [-0.4, -0.2) is 59.3 Å². The average Bonchev–Trinajstić information content (AvgIpc) is 2.84. The second-order valence-corrected chi connectivity index (χ2v) is 9.74. The Morgan fingerprint density at radius 3 is 1.22 bits per heavy atom. The highest BCUT2D eigenvalue weighted by Gasteiger charge is 2.17. The fourth-order valence-electron chi connectivity index (χ4n) is 5.09. The minimum atomic E-state index is -0.397. The quantitative estimate of drug-likeness (QED) is 0.607. The number of benzene rings is 2. The van der Waals surface area contributed by atoms with Gasteiger partial charge in [0.15, 0.2) is 0 Å². The highest BCUT2D eigenvalue weighted by atomic mass is 16.3. The Balaban J connectivity index is 1.23. The molecule has 174 valence electrons. The van der Waals surface area contributed by atoms with Crippen LogP contribution in [0.4, 0.5) is 0 Å². The maximum atomic E-state index is 10.6. The molecule has 2 N–H and O–H groups in total. The summed E-state index contributed by atoms with van der Waals surface area (Å²) in [6, 6.07) is 17.0. The van der Waals surface area contributed by atoms with Crippen molar-refractivity contribution in [2.75, 3.05) is 39.3 Å². The van der Waals surface area contributed by atoms with Crippen LogP contribution in [0.15, 0.2) is 48.5 Å². The lowest BCUT2D eigenvalue weighted by Crippen LogP contribution is -2.33. The number of nitrogens with zero attached hydrogens (tertiary/aromatic N) is 2.